The molecule has 2 aliphatic heterocycles. The summed E-state index contributed by atoms with van der Waals surface area (Å²) < 4.78 is 4.78. The maximum Gasteiger partial charge on any atom is 0.409 e. The third-order valence-corrected chi connectivity index (χ3v) is 6.51. The maximum atomic E-state index is 12.7. The predicted octanol–water partition coefficient (Wildman–Crippen LogP) is 2.84. The zero-order valence-corrected chi connectivity index (χ0v) is 20.0. The van der Waals surface area contributed by atoms with Gasteiger partial charge in [-0.15, -0.1) is 0 Å². The molecule has 1 aromatic carbocycles. The quantitative estimate of drug-likeness (QED) is 0.644. The number of carbonyl (C=O) groups excluding carboxylic acids is 2. The molecule has 0 bridgehead atoms. The molecular weight excluding hydrogens is 460 g/mol. The lowest BCUT2D eigenvalue weighted by molar-refractivity contribution is 0.0380. The number of hydrogen-bond acceptors (Lipinski definition) is 7. The number of aliphatic hydroxyl groups excluding tert-OH is 1. The number of methoxy groups -OCH3 is 1. The van der Waals surface area contributed by atoms with Gasteiger partial charge in [0.2, 0.25) is 0 Å². The van der Waals surface area contributed by atoms with Gasteiger partial charge in [-0.05, 0) is 36.2 Å². The Bertz CT molecular complexity index is 998. The zero-order valence-electron chi connectivity index (χ0n) is 19.2. The second-order valence-electron chi connectivity index (χ2n) is 8.25. The SMILES string of the molecule is CC[C@H]([C@H](O)c1ccc(Cl)cc1)N1CN(c2ccc(N3CCN(C(=O)OC)CC3)nc2)C(=O)N1. The molecule has 10 nitrogen and oxygen atoms in total. The summed E-state index contributed by atoms with van der Waals surface area (Å²) in [6, 6.07) is 10.2. The smallest absolute Gasteiger partial charge is 0.409 e. The minimum Gasteiger partial charge on any atom is -0.453 e. The molecule has 3 amide bonds. The van der Waals surface area contributed by atoms with Gasteiger partial charge in [0.1, 0.15) is 5.82 Å². The van der Waals surface area contributed by atoms with E-state index < -0.39 is 6.10 Å². The fourth-order valence-electron chi connectivity index (χ4n) is 4.29. The Labute approximate surface area is 203 Å². The molecule has 2 aromatic rings. The van der Waals surface area contributed by atoms with Crippen LogP contribution in [-0.4, -0.2) is 78.1 Å². The molecule has 0 aliphatic carbocycles. The van der Waals surface area contributed by atoms with Crippen molar-refractivity contribution in [2.24, 2.45) is 0 Å². The molecular formula is C23H29ClN6O4. The van der Waals surface area contributed by atoms with Crippen molar-refractivity contribution >= 4 is 35.2 Å². The van der Waals surface area contributed by atoms with E-state index in [1.54, 1.807) is 45.3 Å². The van der Waals surface area contributed by atoms with Crippen LogP contribution in [0.2, 0.25) is 5.02 Å². The minimum absolute atomic E-state index is 0.275. The fraction of sp³-hybridized carbons (Fsp3) is 0.435. The number of hydrogen-bond donors (Lipinski definition) is 2. The van der Waals surface area contributed by atoms with Crippen LogP contribution in [0.3, 0.4) is 0 Å². The zero-order chi connectivity index (χ0) is 24.2. The van der Waals surface area contributed by atoms with Crippen molar-refractivity contribution in [2.75, 3.05) is 49.8 Å². The van der Waals surface area contributed by atoms with Crippen LogP contribution in [-0.2, 0) is 4.74 Å². The first-order valence-corrected chi connectivity index (χ1v) is 11.6. The number of nitrogens with one attached hydrogen (secondary N) is 1. The molecule has 3 heterocycles. The highest BCUT2D eigenvalue weighted by molar-refractivity contribution is 6.30. The average molecular weight is 489 g/mol. The van der Waals surface area contributed by atoms with Gasteiger partial charge in [0.15, 0.2) is 0 Å². The normalized spacial score (nSPS) is 18.6. The van der Waals surface area contributed by atoms with Gasteiger partial charge in [-0.3, -0.25) is 10.3 Å². The lowest BCUT2D eigenvalue weighted by atomic mass is 10.00. The number of halogens is 1. The Hall–Kier alpha value is -3.08. The first-order valence-electron chi connectivity index (χ1n) is 11.2. The summed E-state index contributed by atoms with van der Waals surface area (Å²) in [5.41, 5.74) is 4.26. The van der Waals surface area contributed by atoms with Crippen LogP contribution in [0.1, 0.15) is 25.0 Å². The standard InChI is InChI=1S/C23H29ClN6O4/c1-3-19(21(31)16-4-6-17(24)7-5-16)30-15-29(22(32)26-30)18-8-9-20(25-14-18)27-10-12-28(13-11-27)23(33)34-2/h4-9,14,19,21,31H,3,10-13,15H2,1-2H3,(H,26,32)/t19-,21-/m1/s1. The molecule has 2 N–H and O–H groups in total. The molecule has 182 valence electrons. The van der Waals surface area contributed by atoms with Gasteiger partial charge in [0, 0.05) is 31.2 Å². The van der Waals surface area contributed by atoms with Crippen molar-refractivity contribution in [2.45, 2.75) is 25.5 Å². The lowest BCUT2D eigenvalue weighted by Gasteiger charge is -2.34. The number of amides is 3. The molecule has 1 aromatic heterocycles. The van der Waals surface area contributed by atoms with E-state index in [-0.39, 0.29) is 24.8 Å². The maximum absolute atomic E-state index is 12.7. The summed E-state index contributed by atoms with van der Waals surface area (Å²) >= 11 is 5.96. The molecule has 11 heteroatoms. The minimum atomic E-state index is -0.785. The monoisotopic (exact) mass is 488 g/mol. The highest BCUT2D eigenvalue weighted by Crippen LogP contribution is 2.28. The van der Waals surface area contributed by atoms with Crippen LogP contribution in [0.4, 0.5) is 21.1 Å². The fourth-order valence-corrected chi connectivity index (χ4v) is 4.42. The number of benzene rings is 1. The van der Waals surface area contributed by atoms with Crippen molar-refractivity contribution in [1.82, 2.24) is 20.3 Å². The van der Waals surface area contributed by atoms with E-state index in [0.29, 0.717) is 43.3 Å². The Morgan fingerprint density at radius 3 is 2.47 bits per heavy atom. The summed E-state index contributed by atoms with van der Waals surface area (Å²) in [7, 11) is 1.38. The van der Waals surface area contributed by atoms with Crippen molar-refractivity contribution < 1.29 is 19.4 Å². The van der Waals surface area contributed by atoms with Crippen LogP contribution in [0.25, 0.3) is 0 Å². The number of pyridine rings is 1. The average Bonchev–Trinajstić information content (AvgIpc) is 3.25. The lowest BCUT2D eigenvalue weighted by Crippen LogP contribution is -2.49. The molecule has 34 heavy (non-hydrogen) atoms. The summed E-state index contributed by atoms with van der Waals surface area (Å²) in [4.78, 5) is 34.3. The molecule has 0 saturated carbocycles. The third kappa shape index (κ3) is 5.03. The van der Waals surface area contributed by atoms with E-state index in [1.807, 2.05) is 19.1 Å². The van der Waals surface area contributed by atoms with E-state index in [9.17, 15) is 14.7 Å². The number of rotatable bonds is 6. The Balaban J connectivity index is 1.39. The number of aromatic nitrogens is 1. The molecule has 0 radical (unpaired) electrons. The third-order valence-electron chi connectivity index (χ3n) is 6.25. The first-order chi connectivity index (χ1) is 16.4. The highest BCUT2D eigenvalue weighted by Gasteiger charge is 2.36. The van der Waals surface area contributed by atoms with Gasteiger partial charge in [-0.2, -0.15) is 5.01 Å². The number of nitrogens with zero attached hydrogens (tertiary/aromatic N) is 5. The molecule has 2 fully saturated rings. The van der Waals surface area contributed by atoms with E-state index in [1.165, 1.54) is 7.11 Å². The summed E-state index contributed by atoms with van der Waals surface area (Å²) in [6.07, 6.45) is 1.19. The Morgan fingerprint density at radius 1 is 1.18 bits per heavy atom. The molecule has 4 rings (SSSR count). The number of carbonyl (C=O) groups is 2. The number of ether oxygens (including phenoxy) is 1. The predicted molar refractivity (Wildman–Crippen MR) is 129 cm³/mol. The van der Waals surface area contributed by atoms with Crippen molar-refractivity contribution in [3.8, 4) is 0 Å². The summed E-state index contributed by atoms with van der Waals surface area (Å²) in [6.45, 7) is 4.68. The van der Waals surface area contributed by atoms with Crippen LogP contribution >= 0.6 is 11.6 Å². The van der Waals surface area contributed by atoms with Crippen molar-refractivity contribution in [1.29, 1.82) is 0 Å². The molecule has 0 unspecified atom stereocenters. The van der Waals surface area contributed by atoms with Crippen molar-refractivity contribution in [3.63, 3.8) is 0 Å². The van der Waals surface area contributed by atoms with Gasteiger partial charge in [0.05, 0.1) is 37.8 Å². The van der Waals surface area contributed by atoms with E-state index in [0.717, 1.165) is 11.4 Å². The van der Waals surface area contributed by atoms with E-state index >= 15 is 0 Å². The van der Waals surface area contributed by atoms with E-state index in [4.69, 9.17) is 16.3 Å². The molecule has 2 saturated heterocycles. The number of aliphatic hydroxyl groups is 1. The largest absolute Gasteiger partial charge is 0.453 e. The second kappa shape index (κ2) is 10.5. The summed E-state index contributed by atoms with van der Waals surface area (Å²) in [5.74, 6) is 0.786. The topological polar surface area (TPSA) is 101 Å². The van der Waals surface area contributed by atoms with Gasteiger partial charge in [-0.1, -0.05) is 30.7 Å². The van der Waals surface area contributed by atoms with Gasteiger partial charge in [-0.25, -0.2) is 14.6 Å². The van der Waals surface area contributed by atoms with E-state index in [2.05, 4.69) is 15.3 Å². The summed E-state index contributed by atoms with van der Waals surface area (Å²) in [5, 5.41) is 13.3. The number of anilines is 2. The number of hydrazine groups is 1. The first kappa shape index (κ1) is 24.1. The second-order valence-corrected chi connectivity index (χ2v) is 8.68. The highest BCUT2D eigenvalue weighted by atomic mass is 35.5. The Kier molecular flexibility index (Phi) is 7.40. The van der Waals surface area contributed by atoms with Gasteiger partial charge >= 0.3 is 12.1 Å². The molecule has 2 aliphatic rings. The number of urea groups is 1. The number of piperazine rings is 1. The van der Waals surface area contributed by atoms with Crippen molar-refractivity contribution in [3.05, 3.63) is 53.2 Å². The van der Waals surface area contributed by atoms with Gasteiger partial charge < -0.3 is 19.6 Å². The van der Waals surface area contributed by atoms with Crippen LogP contribution < -0.4 is 15.2 Å². The van der Waals surface area contributed by atoms with Crippen LogP contribution in [0, 0.1) is 0 Å². The van der Waals surface area contributed by atoms with Crippen LogP contribution in [0.5, 0.6) is 0 Å². The van der Waals surface area contributed by atoms with Gasteiger partial charge in [0.25, 0.3) is 0 Å². The van der Waals surface area contributed by atoms with Crippen LogP contribution in [0.15, 0.2) is 42.6 Å². The molecule has 2 atom stereocenters. The molecule has 0 spiro atoms. The Morgan fingerprint density at radius 2 is 1.88 bits per heavy atom.